The third-order valence-electron chi connectivity index (χ3n) is 10.7. The number of benzene rings is 2. The molecule has 10 heteroatoms. The summed E-state index contributed by atoms with van der Waals surface area (Å²) < 4.78 is 22.3. The number of ether oxygens (including phenoxy) is 4. The van der Waals surface area contributed by atoms with Crippen LogP contribution in [0, 0.1) is 5.92 Å². The van der Waals surface area contributed by atoms with Crippen molar-refractivity contribution in [1.82, 2.24) is 10.6 Å². The molecule has 2 N–H and O–H groups in total. The van der Waals surface area contributed by atoms with Gasteiger partial charge in [0.1, 0.15) is 18.2 Å². The maximum Gasteiger partial charge on any atom is 0.407 e. The van der Waals surface area contributed by atoms with Gasteiger partial charge < -0.3 is 29.6 Å². The quantitative estimate of drug-likeness (QED) is 0.0472. The van der Waals surface area contributed by atoms with Crippen molar-refractivity contribution in [1.29, 1.82) is 0 Å². The summed E-state index contributed by atoms with van der Waals surface area (Å²) in [6, 6.07) is 15.2. The van der Waals surface area contributed by atoms with Crippen molar-refractivity contribution >= 4 is 24.1 Å². The van der Waals surface area contributed by atoms with Gasteiger partial charge in [0.25, 0.3) is 0 Å². The molecule has 0 fully saturated rings. The third-order valence-corrected chi connectivity index (χ3v) is 10.7. The molecule has 0 saturated carbocycles. The summed E-state index contributed by atoms with van der Waals surface area (Å²) in [6.07, 6.45) is 18.1. The van der Waals surface area contributed by atoms with Crippen LogP contribution in [0.3, 0.4) is 0 Å². The largest absolute Gasteiger partial charge is 0.465 e. The second-order valence-corrected chi connectivity index (χ2v) is 16.8. The van der Waals surface area contributed by atoms with E-state index in [1.807, 2.05) is 36.4 Å². The first-order valence-electron chi connectivity index (χ1n) is 22.5. The zero-order valence-corrected chi connectivity index (χ0v) is 36.4. The first-order chi connectivity index (χ1) is 28.0. The molecule has 1 unspecified atom stereocenters. The summed E-state index contributed by atoms with van der Waals surface area (Å²) in [7, 11) is 0. The van der Waals surface area contributed by atoms with Crippen LogP contribution in [0.2, 0.25) is 0 Å². The molecule has 2 atom stereocenters. The molecule has 0 radical (unpaired) electrons. The minimum atomic E-state index is -1.02. The van der Waals surface area contributed by atoms with E-state index in [0.29, 0.717) is 13.0 Å². The second-order valence-electron chi connectivity index (χ2n) is 16.8. The van der Waals surface area contributed by atoms with Gasteiger partial charge in [-0.15, -0.1) is 0 Å². The minimum absolute atomic E-state index is 0.0149. The fraction of sp³-hybridized carbons (Fsp3) is 0.667. The predicted octanol–water partition coefficient (Wildman–Crippen LogP) is 11.6. The normalized spacial score (nSPS) is 13.2. The van der Waals surface area contributed by atoms with E-state index in [-0.39, 0.29) is 44.0 Å². The van der Waals surface area contributed by atoms with Gasteiger partial charge in [-0.25, -0.2) is 14.4 Å². The Kier molecular flexibility index (Phi) is 23.0. The molecular formula is C48H74N2O8. The number of esters is 2. The molecule has 0 spiro atoms. The van der Waals surface area contributed by atoms with E-state index in [9.17, 15) is 19.2 Å². The average molecular weight is 807 g/mol. The van der Waals surface area contributed by atoms with Gasteiger partial charge in [0, 0.05) is 12.5 Å². The molecule has 324 valence electrons. The van der Waals surface area contributed by atoms with Crippen molar-refractivity contribution in [3.63, 3.8) is 0 Å². The summed E-state index contributed by atoms with van der Waals surface area (Å²) >= 11 is 0. The van der Waals surface area contributed by atoms with Gasteiger partial charge in [-0.2, -0.15) is 0 Å². The van der Waals surface area contributed by atoms with Gasteiger partial charge in [-0.05, 0) is 75.1 Å². The highest BCUT2D eigenvalue weighted by Gasteiger charge is 2.30. The highest BCUT2D eigenvalue weighted by Crippen LogP contribution is 2.44. The Balaban J connectivity index is 1.37. The lowest BCUT2D eigenvalue weighted by Crippen LogP contribution is -2.45. The zero-order chi connectivity index (χ0) is 42.0. The van der Waals surface area contributed by atoms with E-state index < -0.39 is 29.8 Å². The molecule has 2 aromatic rings. The predicted molar refractivity (Wildman–Crippen MR) is 231 cm³/mol. The van der Waals surface area contributed by atoms with Crippen molar-refractivity contribution in [2.75, 3.05) is 26.4 Å². The fourth-order valence-electron chi connectivity index (χ4n) is 7.51. The summed E-state index contributed by atoms with van der Waals surface area (Å²) in [5.41, 5.74) is 3.76. The lowest BCUT2D eigenvalue weighted by molar-refractivity contribution is -0.149. The Morgan fingerprint density at radius 2 is 1.07 bits per heavy atom. The van der Waals surface area contributed by atoms with E-state index in [0.717, 1.165) is 80.0 Å². The van der Waals surface area contributed by atoms with E-state index in [2.05, 4.69) is 36.6 Å². The molecule has 0 aromatic heterocycles. The number of rotatable bonds is 29. The molecule has 0 aliphatic heterocycles. The Labute approximate surface area is 349 Å². The molecule has 1 aliphatic rings. The zero-order valence-electron chi connectivity index (χ0n) is 36.4. The van der Waals surface area contributed by atoms with E-state index in [1.165, 1.54) is 51.4 Å². The standard InChI is InChI=1S/C48H74N2O8/c1-6-8-10-12-15-19-27-37(26-18-11-9-7-2)44(51)55-34-24-16-13-14-17-25-35-56-45(52)43(32-33-49-46(53)58-48(3,4)5)50-47(54)57-36-42-40-30-22-20-28-38(40)39-29-21-23-31-41(39)42/h20-23,28-31,37,42-43H,6-19,24-27,32-36H2,1-5H3,(H,49,53)(H,50,54)/t37?,43-/m0/s1. The highest BCUT2D eigenvalue weighted by molar-refractivity contribution is 5.82. The lowest BCUT2D eigenvalue weighted by atomic mass is 9.94. The van der Waals surface area contributed by atoms with Crippen LogP contribution in [0.25, 0.3) is 11.1 Å². The summed E-state index contributed by atoms with van der Waals surface area (Å²) in [4.78, 5) is 51.4. The van der Waals surface area contributed by atoms with Crippen molar-refractivity contribution in [2.24, 2.45) is 5.92 Å². The van der Waals surface area contributed by atoms with Crippen LogP contribution < -0.4 is 10.6 Å². The van der Waals surface area contributed by atoms with Gasteiger partial charge in [0.05, 0.1) is 19.1 Å². The Morgan fingerprint density at radius 1 is 0.586 bits per heavy atom. The van der Waals surface area contributed by atoms with Crippen LogP contribution in [-0.4, -0.2) is 62.1 Å². The number of carbonyl (C=O) groups is 4. The number of unbranched alkanes of at least 4 members (excludes halogenated alkanes) is 13. The maximum atomic E-state index is 13.2. The highest BCUT2D eigenvalue weighted by atomic mass is 16.6. The number of nitrogens with one attached hydrogen (secondary N) is 2. The summed E-state index contributed by atoms with van der Waals surface area (Å²) in [6.45, 7) is 10.6. The van der Waals surface area contributed by atoms with Crippen molar-refractivity contribution < 1.29 is 38.1 Å². The Morgan fingerprint density at radius 3 is 1.62 bits per heavy atom. The van der Waals surface area contributed by atoms with Crippen LogP contribution in [-0.2, 0) is 28.5 Å². The number of hydrogen-bond donors (Lipinski definition) is 2. The molecule has 58 heavy (non-hydrogen) atoms. The maximum absolute atomic E-state index is 13.2. The molecule has 1 aliphatic carbocycles. The van der Waals surface area contributed by atoms with Crippen molar-refractivity contribution in [2.45, 2.75) is 174 Å². The number of amides is 2. The molecule has 0 bridgehead atoms. The molecule has 0 saturated heterocycles. The number of alkyl carbamates (subject to hydrolysis) is 2. The molecule has 3 rings (SSSR count). The van der Waals surface area contributed by atoms with Crippen LogP contribution in [0.5, 0.6) is 0 Å². The van der Waals surface area contributed by atoms with E-state index in [1.54, 1.807) is 20.8 Å². The topological polar surface area (TPSA) is 129 Å². The Bertz CT molecular complexity index is 1460. The van der Waals surface area contributed by atoms with Gasteiger partial charge >= 0.3 is 24.1 Å². The van der Waals surface area contributed by atoms with Gasteiger partial charge in [-0.1, -0.05) is 152 Å². The lowest BCUT2D eigenvalue weighted by Gasteiger charge is -2.21. The fourth-order valence-corrected chi connectivity index (χ4v) is 7.51. The monoisotopic (exact) mass is 807 g/mol. The average Bonchev–Trinajstić information content (AvgIpc) is 3.52. The summed E-state index contributed by atoms with van der Waals surface area (Å²) in [5.74, 6) is -0.689. The molecular weight excluding hydrogens is 733 g/mol. The van der Waals surface area contributed by atoms with E-state index >= 15 is 0 Å². The first kappa shape index (κ1) is 48.3. The van der Waals surface area contributed by atoms with Gasteiger partial charge in [-0.3, -0.25) is 4.79 Å². The summed E-state index contributed by atoms with van der Waals surface area (Å²) in [5, 5.41) is 5.33. The Hall–Kier alpha value is -4.08. The first-order valence-corrected chi connectivity index (χ1v) is 22.5. The van der Waals surface area contributed by atoms with Gasteiger partial charge in [0.2, 0.25) is 0 Å². The van der Waals surface area contributed by atoms with Gasteiger partial charge in [0.15, 0.2) is 0 Å². The molecule has 2 aromatic carbocycles. The molecule has 0 heterocycles. The number of hydrogen-bond acceptors (Lipinski definition) is 8. The van der Waals surface area contributed by atoms with Crippen LogP contribution in [0.4, 0.5) is 9.59 Å². The smallest absolute Gasteiger partial charge is 0.407 e. The SMILES string of the molecule is CCCCCCCCC(CCCCCC)C(=O)OCCCCCCCCOC(=O)[C@H](CCNC(=O)OC(C)(C)C)NC(=O)OCC1c2ccccc2-c2ccccc21. The van der Waals surface area contributed by atoms with Crippen molar-refractivity contribution in [3.05, 3.63) is 59.7 Å². The minimum Gasteiger partial charge on any atom is -0.465 e. The van der Waals surface area contributed by atoms with Crippen LogP contribution in [0.1, 0.15) is 174 Å². The van der Waals surface area contributed by atoms with Crippen LogP contribution >= 0.6 is 0 Å². The van der Waals surface area contributed by atoms with E-state index in [4.69, 9.17) is 18.9 Å². The van der Waals surface area contributed by atoms with Crippen molar-refractivity contribution in [3.8, 4) is 11.1 Å². The number of fused-ring (bicyclic) bond motifs is 3. The molecule has 2 amide bonds. The van der Waals surface area contributed by atoms with Crippen LogP contribution in [0.15, 0.2) is 48.5 Å². The third kappa shape index (κ3) is 18.7. The second kappa shape index (κ2) is 27.6. The molecule has 10 nitrogen and oxygen atoms in total. The number of carbonyl (C=O) groups excluding carboxylic acids is 4.